The second-order valence-electron chi connectivity index (χ2n) is 4.74. The Bertz CT molecular complexity index is 496. The molecule has 94 valence electrons. The van der Waals surface area contributed by atoms with E-state index in [-0.39, 0.29) is 12.3 Å². The number of likely N-dealkylation sites (N-methyl/N-ethyl adjacent to an activating group) is 1. The van der Waals surface area contributed by atoms with E-state index in [0.717, 1.165) is 0 Å². The summed E-state index contributed by atoms with van der Waals surface area (Å²) in [5, 5.41) is 2.10. The number of hydrogen-bond acceptors (Lipinski definition) is 3. The molecule has 0 radical (unpaired) electrons. The Labute approximate surface area is 112 Å². The highest BCUT2D eigenvalue weighted by molar-refractivity contribution is 7.10. The smallest absolute Gasteiger partial charge is 0.147 e. The van der Waals surface area contributed by atoms with Gasteiger partial charge in [-0.1, -0.05) is 36.4 Å². The monoisotopic (exact) mass is 259 g/mol. The number of benzene rings is 1. The van der Waals surface area contributed by atoms with Crippen molar-refractivity contribution in [3.8, 4) is 0 Å². The molecule has 3 rings (SSSR count). The van der Waals surface area contributed by atoms with Gasteiger partial charge < -0.3 is 4.74 Å². The number of rotatable bonds is 2. The Morgan fingerprint density at radius 1 is 1.11 bits per heavy atom. The second kappa shape index (κ2) is 4.84. The van der Waals surface area contributed by atoms with E-state index in [0.29, 0.717) is 6.04 Å². The molecule has 0 aliphatic carbocycles. The number of ether oxygens (including phenoxy) is 1. The maximum atomic E-state index is 6.25. The zero-order valence-electron chi connectivity index (χ0n) is 10.6. The van der Waals surface area contributed by atoms with Crippen LogP contribution in [0.25, 0.3) is 0 Å². The van der Waals surface area contributed by atoms with Gasteiger partial charge in [-0.3, -0.25) is 4.90 Å². The summed E-state index contributed by atoms with van der Waals surface area (Å²) in [5.74, 6) is 0. The number of thiophene rings is 1. The van der Waals surface area contributed by atoms with Crippen molar-refractivity contribution in [2.45, 2.75) is 25.3 Å². The highest BCUT2D eigenvalue weighted by Crippen LogP contribution is 2.42. The Kier molecular flexibility index (Phi) is 3.20. The lowest BCUT2D eigenvalue weighted by Gasteiger charge is -2.20. The van der Waals surface area contributed by atoms with Crippen LogP contribution in [0.1, 0.15) is 29.7 Å². The van der Waals surface area contributed by atoms with E-state index in [1.165, 1.54) is 10.4 Å². The maximum absolute atomic E-state index is 6.25. The van der Waals surface area contributed by atoms with Crippen molar-refractivity contribution in [2.24, 2.45) is 0 Å². The minimum atomic E-state index is 0.0882. The van der Waals surface area contributed by atoms with Gasteiger partial charge in [0.25, 0.3) is 0 Å². The van der Waals surface area contributed by atoms with Gasteiger partial charge in [0.15, 0.2) is 0 Å². The van der Waals surface area contributed by atoms with Crippen molar-refractivity contribution < 1.29 is 4.74 Å². The Morgan fingerprint density at radius 2 is 1.89 bits per heavy atom. The molecule has 0 saturated carbocycles. The van der Waals surface area contributed by atoms with Gasteiger partial charge in [0.05, 0.1) is 0 Å². The van der Waals surface area contributed by atoms with Crippen LogP contribution in [-0.2, 0) is 4.74 Å². The van der Waals surface area contributed by atoms with Crippen LogP contribution >= 0.6 is 11.3 Å². The van der Waals surface area contributed by atoms with E-state index >= 15 is 0 Å². The van der Waals surface area contributed by atoms with Gasteiger partial charge in [0.1, 0.15) is 12.3 Å². The van der Waals surface area contributed by atoms with Crippen LogP contribution in [0.4, 0.5) is 0 Å². The highest BCUT2D eigenvalue weighted by atomic mass is 32.1. The van der Waals surface area contributed by atoms with Crippen LogP contribution in [-0.4, -0.2) is 18.0 Å². The Hall–Kier alpha value is -1.16. The summed E-state index contributed by atoms with van der Waals surface area (Å²) in [6.07, 6.45) is 0.244. The Balaban J connectivity index is 1.87. The summed E-state index contributed by atoms with van der Waals surface area (Å²) < 4.78 is 6.25. The van der Waals surface area contributed by atoms with Gasteiger partial charge in [0, 0.05) is 10.9 Å². The first kappa shape index (κ1) is 11.9. The third-order valence-corrected chi connectivity index (χ3v) is 4.54. The molecule has 2 heterocycles. The molecule has 2 nitrogen and oxygen atoms in total. The molecular weight excluding hydrogens is 242 g/mol. The van der Waals surface area contributed by atoms with Crippen molar-refractivity contribution in [3.05, 3.63) is 58.3 Å². The molecule has 1 aliphatic rings. The van der Waals surface area contributed by atoms with E-state index < -0.39 is 0 Å². The van der Waals surface area contributed by atoms with E-state index in [1.807, 2.05) is 6.07 Å². The number of hydrogen-bond donors (Lipinski definition) is 0. The first-order valence-corrected chi connectivity index (χ1v) is 7.11. The quantitative estimate of drug-likeness (QED) is 0.812. The number of nitrogens with zero attached hydrogens (tertiary/aromatic N) is 1. The maximum Gasteiger partial charge on any atom is 0.147 e. The second-order valence-corrected chi connectivity index (χ2v) is 5.72. The summed E-state index contributed by atoms with van der Waals surface area (Å²) in [6.45, 7) is 2.23. The van der Waals surface area contributed by atoms with Crippen LogP contribution in [0.15, 0.2) is 47.8 Å². The topological polar surface area (TPSA) is 12.5 Å². The molecule has 1 aromatic heterocycles. The average Bonchev–Trinajstić information content (AvgIpc) is 3.01. The van der Waals surface area contributed by atoms with Crippen molar-refractivity contribution in [1.82, 2.24) is 4.90 Å². The average molecular weight is 259 g/mol. The molecule has 1 fully saturated rings. The molecule has 0 spiro atoms. The van der Waals surface area contributed by atoms with E-state index in [9.17, 15) is 0 Å². The molecule has 1 saturated heterocycles. The molecule has 3 heteroatoms. The van der Waals surface area contributed by atoms with Crippen LogP contribution < -0.4 is 0 Å². The molecule has 18 heavy (non-hydrogen) atoms. The predicted octanol–water partition coefficient (Wildman–Crippen LogP) is 3.84. The van der Waals surface area contributed by atoms with Gasteiger partial charge >= 0.3 is 0 Å². The van der Waals surface area contributed by atoms with Crippen LogP contribution in [0.3, 0.4) is 0 Å². The standard InChI is InChI=1S/C15H17NOS/c1-11-14(12-7-4-3-5-8-12)17-15(16(11)2)13-9-6-10-18-13/h3-11,14-15H,1-2H3/t11-,14+,15-/m1/s1. The first-order valence-electron chi connectivity index (χ1n) is 6.23. The lowest BCUT2D eigenvalue weighted by Crippen LogP contribution is -2.26. The zero-order valence-corrected chi connectivity index (χ0v) is 11.4. The third kappa shape index (κ3) is 1.99. The largest absolute Gasteiger partial charge is 0.348 e. The SMILES string of the molecule is C[C@@H]1[C@@H](c2ccccc2)O[C@H](c2cccs2)N1C. The highest BCUT2D eigenvalue weighted by Gasteiger charge is 2.38. The lowest BCUT2D eigenvalue weighted by atomic mass is 10.0. The van der Waals surface area contributed by atoms with Crippen molar-refractivity contribution in [3.63, 3.8) is 0 Å². The van der Waals surface area contributed by atoms with Crippen LogP contribution in [0, 0.1) is 0 Å². The summed E-state index contributed by atoms with van der Waals surface area (Å²) in [6, 6.07) is 15.1. The third-order valence-electron chi connectivity index (χ3n) is 3.64. The molecule has 0 N–H and O–H groups in total. The summed E-state index contributed by atoms with van der Waals surface area (Å²) in [7, 11) is 2.14. The normalized spacial score (nSPS) is 28.7. The zero-order chi connectivity index (χ0) is 12.5. The minimum Gasteiger partial charge on any atom is -0.348 e. The lowest BCUT2D eigenvalue weighted by molar-refractivity contribution is 0.00809. The van der Waals surface area contributed by atoms with Gasteiger partial charge in [-0.25, -0.2) is 0 Å². The molecule has 0 unspecified atom stereocenters. The van der Waals surface area contributed by atoms with Crippen molar-refractivity contribution in [2.75, 3.05) is 7.05 Å². The fourth-order valence-electron chi connectivity index (χ4n) is 2.48. The van der Waals surface area contributed by atoms with Gasteiger partial charge in [-0.15, -0.1) is 11.3 Å². The first-order chi connectivity index (χ1) is 8.77. The summed E-state index contributed by atoms with van der Waals surface area (Å²) in [4.78, 5) is 3.59. The van der Waals surface area contributed by atoms with E-state index in [4.69, 9.17) is 4.74 Å². The van der Waals surface area contributed by atoms with Crippen molar-refractivity contribution in [1.29, 1.82) is 0 Å². The molecule has 1 aliphatic heterocycles. The molecule has 0 amide bonds. The summed E-state index contributed by atoms with van der Waals surface area (Å²) >= 11 is 1.76. The molecule has 3 atom stereocenters. The van der Waals surface area contributed by atoms with Crippen LogP contribution in [0.2, 0.25) is 0 Å². The Morgan fingerprint density at radius 3 is 2.56 bits per heavy atom. The molecule has 0 bridgehead atoms. The van der Waals surface area contributed by atoms with Gasteiger partial charge in [-0.2, -0.15) is 0 Å². The fourth-order valence-corrected chi connectivity index (χ4v) is 3.28. The van der Waals surface area contributed by atoms with Gasteiger partial charge in [0.2, 0.25) is 0 Å². The predicted molar refractivity (Wildman–Crippen MR) is 74.6 cm³/mol. The summed E-state index contributed by atoms with van der Waals surface area (Å²) in [5.41, 5.74) is 1.26. The van der Waals surface area contributed by atoms with Crippen molar-refractivity contribution >= 4 is 11.3 Å². The minimum absolute atomic E-state index is 0.0882. The van der Waals surface area contributed by atoms with E-state index in [2.05, 4.69) is 60.6 Å². The van der Waals surface area contributed by atoms with E-state index in [1.54, 1.807) is 11.3 Å². The molecular formula is C15H17NOS. The fraction of sp³-hybridized carbons (Fsp3) is 0.333. The van der Waals surface area contributed by atoms with Crippen LogP contribution in [0.5, 0.6) is 0 Å². The molecule has 2 aromatic rings. The van der Waals surface area contributed by atoms with Gasteiger partial charge in [-0.05, 0) is 31.0 Å². The molecule has 1 aromatic carbocycles.